The molecule has 2 N–H and O–H groups in total. The highest BCUT2D eigenvalue weighted by Crippen LogP contribution is 2.33. The van der Waals surface area contributed by atoms with Crippen molar-refractivity contribution in [3.05, 3.63) is 58.3 Å². The van der Waals surface area contributed by atoms with E-state index in [0.29, 0.717) is 21.6 Å². The monoisotopic (exact) mass is 318 g/mol. The van der Waals surface area contributed by atoms with Crippen molar-refractivity contribution in [3.8, 4) is 17.1 Å². The number of rotatable bonds is 2. The molecule has 0 bridgehead atoms. The van der Waals surface area contributed by atoms with Crippen LogP contribution in [0.25, 0.3) is 17.1 Å². The molecular weight excluding hydrogens is 307 g/mol. The van der Waals surface area contributed by atoms with Gasteiger partial charge in [0, 0.05) is 11.3 Å². The first-order valence-corrected chi connectivity index (χ1v) is 7.06. The van der Waals surface area contributed by atoms with Crippen molar-refractivity contribution in [2.24, 2.45) is 0 Å². The van der Waals surface area contributed by atoms with E-state index < -0.39 is 0 Å². The van der Waals surface area contributed by atoms with Gasteiger partial charge in [-0.05, 0) is 31.2 Å². The van der Waals surface area contributed by atoms with E-state index in [1.165, 1.54) is 0 Å². The first kappa shape index (κ1) is 13.9. The van der Waals surface area contributed by atoms with Gasteiger partial charge in [-0.25, -0.2) is 0 Å². The Morgan fingerprint density at radius 3 is 2.24 bits per heavy atom. The van der Waals surface area contributed by atoms with Crippen LogP contribution in [-0.4, -0.2) is 14.8 Å². The maximum Gasteiger partial charge on any atom is 0.168 e. The highest BCUT2D eigenvalue weighted by Gasteiger charge is 2.15. The molecule has 1 heterocycles. The predicted octanol–water partition coefficient (Wildman–Crippen LogP) is 4.13. The van der Waals surface area contributed by atoms with Crippen LogP contribution in [0.2, 0.25) is 10.0 Å². The van der Waals surface area contributed by atoms with Crippen molar-refractivity contribution in [1.82, 2.24) is 14.8 Å². The molecule has 0 radical (unpaired) electrons. The van der Waals surface area contributed by atoms with Gasteiger partial charge in [-0.1, -0.05) is 41.4 Å². The smallest absolute Gasteiger partial charge is 0.168 e. The molecule has 0 aliphatic rings. The number of nitrogens with two attached hydrogens (primary N) is 1. The van der Waals surface area contributed by atoms with E-state index in [1.54, 1.807) is 12.1 Å². The van der Waals surface area contributed by atoms with Crippen LogP contribution in [0.5, 0.6) is 0 Å². The van der Waals surface area contributed by atoms with Gasteiger partial charge in [0.2, 0.25) is 0 Å². The predicted molar refractivity (Wildman–Crippen MR) is 86.0 cm³/mol. The number of aromatic nitrogens is 3. The fourth-order valence-corrected chi connectivity index (χ4v) is 2.64. The second-order valence-corrected chi connectivity index (χ2v) is 5.41. The number of hydrogen-bond donors (Lipinski definition) is 1. The second kappa shape index (κ2) is 5.39. The molecule has 0 spiro atoms. The van der Waals surface area contributed by atoms with Crippen LogP contribution in [-0.2, 0) is 0 Å². The van der Waals surface area contributed by atoms with Crippen molar-refractivity contribution in [3.63, 3.8) is 0 Å². The molecule has 0 fully saturated rings. The summed E-state index contributed by atoms with van der Waals surface area (Å²) < 4.78 is 1.94. The molecule has 4 nitrogen and oxygen atoms in total. The minimum absolute atomic E-state index is 0.365. The second-order valence-electron chi connectivity index (χ2n) is 4.60. The van der Waals surface area contributed by atoms with E-state index in [-0.39, 0.29) is 0 Å². The maximum atomic E-state index is 6.11. The lowest BCUT2D eigenvalue weighted by molar-refractivity contribution is 0.972. The number of nitrogens with zero attached hydrogens (tertiary/aromatic N) is 3. The average molecular weight is 319 g/mol. The van der Waals surface area contributed by atoms with Gasteiger partial charge in [0.25, 0.3) is 0 Å². The summed E-state index contributed by atoms with van der Waals surface area (Å²) in [5.74, 6) is 1.45. The lowest BCUT2D eigenvalue weighted by atomic mass is 10.2. The number of halogens is 2. The van der Waals surface area contributed by atoms with Gasteiger partial charge in [-0.15, -0.1) is 10.2 Å². The van der Waals surface area contributed by atoms with Crippen molar-refractivity contribution in [2.45, 2.75) is 6.92 Å². The number of aryl methyl sites for hydroxylation is 1. The Bertz CT molecular complexity index is 774. The van der Waals surface area contributed by atoms with Crippen molar-refractivity contribution in [2.75, 3.05) is 5.73 Å². The largest absolute Gasteiger partial charge is 0.396 e. The van der Waals surface area contributed by atoms with Gasteiger partial charge < -0.3 is 5.73 Å². The molecule has 6 heteroatoms. The number of nitrogen functional groups attached to an aromatic ring is 1. The Morgan fingerprint density at radius 1 is 1.00 bits per heavy atom. The standard InChI is InChI=1S/C15H12Cl2N4/c1-9-19-20-15(21(9)11-5-3-2-4-6-11)10-7-12(16)14(18)13(17)8-10/h2-8H,18H2,1H3. The van der Waals surface area contributed by atoms with E-state index >= 15 is 0 Å². The van der Waals surface area contributed by atoms with Gasteiger partial charge in [0.15, 0.2) is 5.82 Å². The molecule has 0 aliphatic heterocycles. The van der Waals surface area contributed by atoms with Crippen molar-refractivity contribution in [1.29, 1.82) is 0 Å². The summed E-state index contributed by atoms with van der Waals surface area (Å²) in [4.78, 5) is 0. The summed E-state index contributed by atoms with van der Waals surface area (Å²) in [6.45, 7) is 1.89. The van der Waals surface area contributed by atoms with Gasteiger partial charge in [0.05, 0.1) is 15.7 Å². The Morgan fingerprint density at radius 2 is 1.62 bits per heavy atom. The van der Waals surface area contributed by atoms with Crippen LogP contribution in [0.4, 0.5) is 5.69 Å². The number of para-hydroxylation sites is 1. The van der Waals surface area contributed by atoms with Crippen LogP contribution in [0.15, 0.2) is 42.5 Å². The zero-order valence-electron chi connectivity index (χ0n) is 11.2. The Hall–Kier alpha value is -2.04. The fraction of sp³-hybridized carbons (Fsp3) is 0.0667. The summed E-state index contributed by atoms with van der Waals surface area (Å²) in [7, 11) is 0. The third-order valence-electron chi connectivity index (χ3n) is 3.18. The summed E-state index contributed by atoms with van der Waals surface area (Å²) in [5, 5.41) is 9.18. The van der Waals surface area contributed by atoms with E-state index in [1.807, 2.05) is 41.8 Å². The number of benzene rings is 2. The van der Waals surface area contributed by atoms with Crippen LogP contribution in [0.3, 0.4) is 0 Å². The minimum atomic E-state index is 0.365. The van der Waals surface area contributed by atoms with Crippen molar-refractivity contribution >= 4 is 28.9 Å². The molecule has 0 saturated heterocycles. The topological polar surface area (TPSA) is 56.7 Å². The quantitative estimate of drug-likeness (QED) is 0.723. The highest BCUT2D eigenvalue weighted by atomic mass is 35.5. The SMILES string of the molecule is Cc1nnc(-c2cc(Cl)c(N)c(Cl)c2)n1-c1ccccc1. The summed E-state index contributed by atoms with van der Waals surface area (Å²) in [5.41, 5.74) is 7.88. The van der Waals surface area contributed by atoms with Crippen LogP contribution in [0, 0.1) is 6.92 Å². The molecule has 0 saturated carbocycles. The zero-order chi connectivity index (χ0) is 15.0. The molecule has 106 valence electrons. The van der Waals surface area contributed by atoms with Crippen LogP contribution >= 0.6 is 23.2 Å². The summed E-state index contributed by atoms with van der Waals surface area (Å²) in [6, 6.07) is 13.3. The molecular formula is C15H12Cl2N4. The number of hydrogen-bond acceptors (Lipinski definition) is 3. The van der Waals surface area contributed by atoms with Crippen LogP contribution in [0.1, 0.15) is 5.82 Å². The molecule has 3 rings (SSSR count). The zero-order valence-corrected chi connectivity index (χ0v) is 12.7. The average Bonchev–Trinajstić information content (AvgIpc) is 2.87. The van der Waals surface area contributed by atoms with E-state index in [9.17, 15) is 0 Å². The normalized spacial score (nSPS) is 10.8. The molecule has 1 aromatic heterocycles. The van der Waals surface area contributed by atoms with E-state index in [2.05, 4.69) is 10.2 Å². The lowest BCUT2D eigenvalue weighted by Crippen LogP contribution is -2.00. The molecule has 0 amide bonds. The first-order valence-electron chi connectivity index (χ1n) is 6.30. The fourth-order valence-electron chi connectivity index (χ4n) is 2.15. The first-order chi connectivity index (χ1) is 10.1. The Balaban J connectivity index is 2.21. The van der Waals surface area contributed by atoms with Crippen molar-refractivity contribution < 1.29 is 0 Å². The molecule has 21 heavy (non-hydrogen) atoms. The number of anilines is 1. The van der Waals surface area contributed by atoms with Gasteiger partial charge in [0.1, 0.15) is 5.82 Å². The lowest BCUT2D eigenvalue weighted by Gasteiger charge is -2.10. The highest BCUT2D eigenvalue weighted by molar-refractivity contribution is 6.39. The third-order valence-corrected chi connectivity index (χ3v) is 3.80. The molecule has 2 aromatic carbocycles. The Labute approximate surface area is 132 Å². The third kappa shape index (κ3) is 2.48. The molecule has 0 aliphatic carbocycles. The van der Waals surface area contributed by atoms with Gasteiger partial charge in [-0.3, -0.25) is 4.57 Å². The molecule has 0 unspecified atom stereocenters. The van der Waals surface area contributed by atoms with Gasteiger partial charge in [-0.2, -0.15) is 0 Å². The van der Waals surface area contributed by atoms with Gasteiger partial charge >= 0.3 is 0 Å². The minimum Gasteiger partial charge on any atom is -0.396 e. The Kier molecular flexibility index (Phi) is 3.57. The summed E-state index contributed by atoms with van der Waals surface area (Å²) >= 11 is 12.2. The van der Waals surface area contributed by atoms with Crippen LogP contribution < -0.4 is 5.73 Å². The van der Waals surface area contributed by atoms with E-state index in [0.717, 1.165) is 17.1 Å². The molecule has 0 atom stereocenters. The molecule has 3 aromatic rings. The van der Waals surface area contributed by atoms with E-state index in [4.69, 9.17) is 28.9 Å². The summed E-state index contributed by atoms with van der Waals surface area (Å²) in [6.07, 6.45) is 0. The maximum absolute atomic E-state index is 6.11.